The third-order valence-corrected chi connectivity index (χ3v) is 4.13. The molecule has 110 valence electrons. The van der Waals surface area contributed by atoms with Crippen LogP contribution in [-0.2, 0) is 19.1 Å². The maximum absolute atomic E-state index is 11.7. The number of carbonyl (C=O) groups is 3. The van der Waals surface area contributed by atoms with Gasteiger partial charge in [-0.3, -0.25) is 9.59 Å². The molecule has 3 atom stereocenters. The Labute approximate surface area is 116 Å². The van der Waals surface area contributed by atoms with Gasteiger partial charge in [-0.2, -0.15) is 0 Å². The SMILES string of the molecule is C=CC(=O)OC1CC=CC(CC)(C(=O)O)C1(C)C(=O)O. The standard InChI is InChI=1S/C14H18O6/c1-4-10(15)20-9-7-6-8-14(5-2,12(18)19)13(9,3)11(16)17/h4,6,8-9H,1,5,7H2,2-3H3,(H,16,17)(H,18,19). The van der Waals surface area contributed by atoms with Crippen LogP contribution < -0.4 is 0 Å². The van der Waals surface area contributed by atoms with Gasteiger partial charge in [0.2, 0.25) is 0 Å². The second-order valence-electron chi connectivity index (χ2n) is 4.91. The molecule has 0 aromatic carbocycles. The fourth-order valence-electron chi connectivity index (χ4n) is 2.70. The van der Waals surface area contributed by atoms with Crippen molar-refractivity contribution in [3.05, 3.63) is 24.8 Å². The third-order valence-electron chi connectivity index (χ3n) is 4.13. The molecular formula is C14H18O6. The lowest BCUT2D eigenvalue weighted by Gasteiger charge is -2.46. The van der Waals surface area contributed by atoms with E-state index in [0.29, 0.717) is 0 Å². The molecule has 0 heterocycles. The molecule has 0 spiro atoms. The van der Waals surface area contributed by atoms with Gasteiger partial charge in [-0.1, -0.05) is 25.7 Å². The molecule has 0 aromatic heterocycles. The van der Waals surface area contributed by atoms with E-state index in [2.05, 4.69) is 6.58 Å². The zero-order valence-corrected chi connectivity index (χ0v) is 11.5. The maximum Gasteiger partial charge on any atom is 0.330 e. The van der Waals surface area contributed by atoms with Crippen molar-refractivity contribution in [3.63, 3.8) is 0 Å². The molecular weight excluding hydrogens is 264 g/mol. The minimum atomic E-state index is -1.75. The normalized spacial score (nSPS) is 32.4. The number of carboxylic acid groups (broad SMARTS) is 2. The van der Waals surface area contributed by atoms with Crippen LogP contribution in [-0.4, -0.2) is 34.2 Å². The van der Waals surface area contributed by atoms with Crippen LogP contribution >= 0.6 is 0 Å². The van der Waals surface area contributed by atoms with Crippen molar-refractivity contribution in [1.29, 1.82) is 0 Å². The first-order chi connectivity index (χ1) is 9.26. The van der Waals surface area contributed by atoms with Gasteiger partial charge in [0, 0.05) is 12.5 Å². The lowest BCUT2D eigenvalue weighted by molar-refractivity contribution is -0.187. The van der Waals surface area contributed by atoms with Crippen LogP contribution in [0.4, 0.5) is 0 Å². The zero-order valence-electron chi connectivity index (χ0n) is 11.5. The summed E-state index contributed by atoms with van der Waals surface area (Å²) in [6.07, 6.45) is 3.02. The molecule has 0 saturated carbocycles. The van der Waals surface area contributed by atoms with E-state index in [0.717, 1.165) is 6.08 Å². The molecule has 0 aromatic rings. The summed E-state index contributed by atoms with van der Waals surface area (Å²) in [6.45, 7) is 6.15. The number of carboxylic acids is 2. The van der Waals surface area contributed by atoms with Crippen molar-refractivity contribution in [2.24, 2.45) is 10.8 Å². The smallest absolute Gasteiger partial charge is 0.330 e. The Morgan fingerprint density at radius 3 is 2.40 bits per heavy atom. The van der Waals surface area contributed by atoms with E-state index >= 15 is 0 Å². The number of aliphatic carboxylic acids is 2. The summed E-state index contributed by atoms with van der Waals surface area (Å²) in [5, 5.41) is 19.1. The van der Waals surface area contributed by atoms with E-state index in [1.807, 2.05) is 0 Å². The first kappa shape index (κ1) is 15.9. The lowest BCUT2D eigenvalue weighted by atomic mass is 9.57. The van der Waals surface area contributed by atoms with Gasteiger partial charge >= 0.3 is 17.9 Å². The number of hydrogen-bond acceptors (Lipinski definition) is 4. The molecule has 0 fully saturated rings. The second-order valence-corrected chi connectivity index (χ2v) is 4.91. The summed E-state index contributed by atoms with van der Waals surface area (Å²) < 4.78 is 5.07. The van der Waals surface area contributed by atoms with E-state index in [9.17, 15) is 24.6 Å². The number of carbonyl (C=O) groups excluding carboxylic acids is 1. The highest BCUT2D eigenvalue weighted by molar-refractivity contribution is 5.90. The van der Waals surface area contributed by atoms with Crippen LogP contribution in [0.3, 0.4) is 0 Å². The van der Waals surface area contributed by atoms with E-state index in [4.69, 9.17) is 4.74 Å². The summed E-state index contributed by atoms with van der Waals surface area (Å²) in [6, 6.07) is 0. The van der Waals surface area contributed by atoms with E-state index in [-0.39, 0.29) is 12.8 Å². The third kappa shape index (κ3) is 2.11. The quantitative estimate of drug-likeness (QED) is 0.451. The topological polar surface area (TPSA) is 101 Å². The number of hydrogen-bond donors (Lipinski definition) is 2. The molecule has 6 heteroatoms. The molecule has 1 aliphatic rings. The molecule has 20 heavy (non-hydrogen) atoms. The fourth-order valence-corrected chi connectivity index (χ4v) is 2.70. The lowest BCUT2D eigenvalue weighted by Crippen LogP contribution is -2.58. The molecule has 0 radical (unpaired) electrons. The Morgan fingerprint density at radius 1 is 1.40 bits per heavy atom. The average molecular weight is 282 g/mol. The fraction of sp³-hybridized carbons (Fsp3) is 0.500. The molecule has 6 nitrogen and oxygen atoms in total. The Morgan fingerprint density at radius 2 is 2.00 bits per heavy atom. The van der Waals surface area contributed by atoms with Crippen molar-refractivity contribution >= 4 is 17.9 Å². The van der Waals surface area contributed by atoms with Gasteiger partial charge < -0.3 is 14.9 Å². The predicted octanol–water partition coefficient (Wildman–Crippen LogP) is 1.62. The maximum atomic E-state index is 11.7. The van der Waals surface area contributed by atoms with Gasteiger partial charge in [0.25, 0.3) is 0 Å². The number of esters is 1. The Kier molecular flexibility index (Phi) is 4.37. The van der Waals surface area contributed by atoms with Crippen LogP contribution in [0, 0.1) is 10.8 Å². The van der Waals surface area contributed by atoms with E-state index in [1.54, 1.807) is 13.0 Å². The van der Waals surface area contributed by atoms with Crippen molar-refractivity contribution < 1.29 is 29.3 Å². The van der Waals surface area contributed by atoms with E-state index < -0.39 is 34.8 Å². The molecule has 0 amide bonds. The van der Waals surface area contributed by atoms with Crippen LogP contribution in [0.15, 0.2) is 24.8 Å². The van der Waals surface area contributed by atoms with Crippen LogP contribution in [0.1, 0.15) is 26.7 Å². The highest BCUT2D eigenvalue weighted by Crippen LogP contribution is 2.51. The summed E-state index contributed by atoms with van der Waals surface area (Å²) in [4.78, 5) is 34.7. The van der Waals surface area contributed by atoms with Crippen molar-refractivity contribution in [2.75, 3.05) is 0 Å². The van der Waals surface area contributed by atoms with Gasteiger partial charge in [0.1, 0.15) is 16.9 Å². The highest BCUT2D eigenvalue weighted by Gasteiger charge is 2.62. The molecule has 1 aliphatic carbocycles. The Hall–Kier alpha value is -2.11. The molecule has 0 aliphatic heterocycles. The second kappa shape index (κ2) is 5.48. The van der Waals surface area contributed by atoms with Crippen LogP contribution in [0.2, 0.25) is 0 Å². The zero-order chi connectivity index (χ0) is 15.6. The molecule has 1 rings (SSSR count). The molecule has 3 unspecified atom stereocenters. The first-order valence-electron chi connectivity index (χ1n) is 6.23. The Balaban J connectivity index is 3.40. The van der Waals surface area contributed by atoms with Gasteiger partial charge in [-0.15, -0.1) is 0 Å². The summed E-state index contributed by atoms with van der Waals surface area (Å²) in [7, 11) is 0. The molecule has 0 saturated heterocycles. The highest BCUT2D eigenvalue weighted by atomic mass is 16.5. The summed E-state index contributed by atoms with van der Waals surface area (Å²) in [5.41, 5.74) is -3.37. The molecule has 2 N–H and O–H groups in total. The minimum Gasteiger partial charge on any atom is -0.481 e. The van der Waals surface area contributed by atoms with Crippen LogP contribution in [0.25, 0.3) is 0 Å². The summed E-state index contributed by atoms with van der Waals surface area (Å²) >= 11 is 0. The average Bonchev–Trinajstić information content (AvgIpc) is 2.40. The van der Waals surface area contributed by atoms with Crippen molar-refractivity contribution in [1.82, 2.24) is 0 Å². The van der Waals surface area contributed by atoms with Gasteiger partial charge in [0.15, 0.2) is 0 Å². The van der Waals surface area contributed by atoms with Gasteiger partial charge in [-0.25, -0.2) is 4.79 Å². The van der Waals surface area contributed by atoms with E-state index in [1.165, 1.54) is 13.0 Å². The number of rotatable bonds is 5. The largest absolute Gasteiger partial charge is 0.481 e. The Bertz CT molecular complexity index is 480. The first-order valence-corrected chi connectivity index (χ1v) is 6.23. The van der Waals surface area contributed by atoms with Crippen molar-refractivity contribution in [3.8, 4) is 0 Å². The molecule has 0 bridgehead atoms. The van der Waals surface area contributed by atoms with Gasteiger partial charge in [0.05, 0.1) is 0 Å². The van der Waals surface area contributed by atoms with Gasteiger partial charge in [-0.05, 0) is 13.3 Å². The van der Waals surface area contributed by atoms with Crippen LogP contribution in [0.5, 0.6) is 0 Å². The predicted molar refractivity (Wildman–Crippen MR) is 69.9 cm³/mol. The minimum absolute atomic E-state index is 0.0732. The monoisotopic (exact) mass is 282 g/mol. The number of ether oxygens (including phenoxy) is 1. The summed E-state index contributed by atoms with van der Waals surface area (Å²) in [5.74, 6) is -3.33. The van der Waals surface area contributed by atoms with Crippen molar-refractivity contribution in [2.45, 2.75) is 32.8 Å².